The summed E-state index contributed by atoms with van der Waals surface area (Å²) in [4.78, 5) is 18.9. The number of unbranched alkanes of at least 4 members (excludes halogenated alkanes) is 1. The molecule has 1 aromatic carbocycles. The Morgan fingerprint density at radius 2 is 1.72 bits per heavy atom. The van der Waals surface area contributed by atoms with Crippen LogP contribution in [0.25, 0.3) is 0 Å². The Morgan fingerprint density at radius 3 is 2.34 bits per heavy atom. The Kier molecular flexibility index (Phi) is 7.57. The Hall–Kier alpha value is -1.60. The highest BCUT2D eigenvalue weighted by atomic mass is 19.4. The monoisotopic (exact) mass is 411 g/mol. The van der Waals surface area contributed by atoms with E-state index in [4.69, 9.17) is 0 Å². The van der Waals surface area contributed by atoms with E-state index in [1.807, 2.05) is 34.1 Å². The van der Waals surface area contributed by atoms with Crippen LogP contribution in [0.1, 0.15) is 48.5 Å². The zero-order chi connectivity index (χ0) is 20.9. The van der Waals surface area contributed by atoms with Gasteiger partial charge in [-0.2, -0.15) is 13.2 Å². The van der Waals surface area contributed by atoms with Crippen molar-refractivity contribution in [2.45, 2.75) is 45.3 Å². The van der Waals surface area contributed by atoms with Gasteiger partial charge >= 0.3 is 6.18 Å². The molecule has 0 aliphatic carbocycles. The number of benzene rings is 1. The lowest BCUT2D eigenvalue weighted by Crippen LogP contribution is -2.48. The van der Waals surface area contributed by atoms with Crippen LogP contribution in [0, 0.1) is 5.92 Å². The summed E-state index contributed by atoms with van der Waals surface area (Å²) < 4.78 is 39.0. The minimum atomic E-state index is -4.12. The molecule has 4 nitrogen and oxygen atoms in total. The van der Waals surface area contributed by atoms with Crippen molar-refractivity contribution in [3.05, 3.63) is 35.4 Å². The maximum atomic E-state index is 13.0. The summed E-state index contributed by atoms with van der Waals surface area (Å²) in [5, 5.41) is 0. The van der Waals surface area contributed by atoms with E-state index >= 15 is 0 Å². The van der Waals surface area contributed by atoms with Crippen LogP contribution in [0.4, 0.5) is 13.2 Å². The summed E-state index contributed by atoms with van der Waals surface area (Å²) in [6, 6.07) is 7.38. The fourth-order valence-electron chi connectivity index (χ4n) is 4.22. The molecule has 162 valence electrons. The summed E-state index contributed by atoms with van der Waals surface area (Å²) >= 11 is 0. The molecule has 29 heavy (non-hydrogen) atoms. The molecule has 1 aromatic rings. The van der Waals surface area contributed by atoms with Gasteiger partial charge in [-0.05, 0) is 50.0 Å². The van der Waals surface area contributed by atoms with E-state index in [1.165, 1.54) is 12.8 Å². The molecular formula is C22H32F3N3O. The van der Waals surface area contributed by atoms with Gasteiger partial charge in [-0.25, -0.2) is 0 Å². The van der Waals surface area contributed by atoms with Gasteiger partial charge in [-0.1, -0.05) is 25.5 Å². The second kappa shape index (κ2) is 9.94. The van der Waals surface area contributed by atoms with Crippen molar-refractivity contribution in [3.63, 3.8) is 0 Å². The maximum absolute atomic E-state index is 13.0. The van der Waals surface area contributed by atoms with Crippen LogP contribution in [0.5, 0.6) is 0 Å². The quantitative estimate of drug-likeness (QED) is 0.708. The highest BCUT2D eigenvalue weighted by molar-refractivity contribution is 5.94. The predicted octanol–water partition coefficient (Wildman–Crippen LogP) is 4.02. The van der Waals surface area contributed by atoms with Gasteiger partial charge < -0.3 is 4.90 Å². The first-order valence-electron chi connectivity index (χ1n) is 10.8. The van der Waals surface area contributed by atoms with Crippen LogP contribution in [-0.2, 0) is 6.54 Å². The number of nitrogens with zero attached hydrogens (tertiary/aromatic N) is 3. The fourth-order valence-corrected chi connectivity index (χ4v) is 4.22. The van der Waals surface area contributed by atoms with Gasteiger partial charge in [-0.3, -0.25) is 14.6 Å². The molecule has 2 fully saturated rings. The molecule has 2 aliphatic rings. The lowest BCUT2D eigenvalue weighted by molar-refractivity contribution is -0.187. The van der Waals surface area contributed by atoms with Gasteiger partial charge in [0.2, 0.25) is 0 Å². The molecule has 1 unspecified atom stereocenters. The number of alkyl halides is 3. The highest BCUT2D eigenvalue weighted by Crippen LogP contribution is 2.33. The zero-order valence-electron chi connectivity index (χ0n) is 17.3. The minimum absolute atomic E-state index is 0.0433. The number of piperidine rings is 1. The molecule has 2 heterocycles. The van der Waals surface area contributed by atoms with Gasteiger partial charge in [0.15, 0.2) is 0 Å². The lowest BCUT2D eigenvalue weighted by Gasteiger charge is -2.35. The Balaban J connectivity index is 1.50. The summed E-state index contributed by atoms with van der Waals surface area (Å²) in [7, 11) is 0. The summed E-state index contributed by atoms with van der Waals surface area (Å²) in [5.74, 6) is -1.19. The predicted molar refractivity (Wildman–Crippen MR) is 108 cm³/mol. The molecular weight excluding hydrogens is 379 g/mol. The normalized spacial score (nSPS) is 22.1. The third-order valence-corrected chi connectivity index (χ3v) is 6.06. The topological polar surface area (TPSA) is 26.8 Å². The third kappa shape index (κ3) is 6.19. The van der Waals surface area contributed by atoms with Gasteiger partial charge in [0.05, 0.1) is 5.92 Å². The average molecular weight is 412 g/mol. The van der Waals surface area contributed by atoms with E-state index in [2.05, 4.69) is 11.8 Å². The molecule has 3 rings (SSSR count). The van der Waals surface area contributed by atoms with E-state index in [9.17, 15) is 18.0 Å². The first kappa shape index (κ1) is 22.1. The zero-order valence-corrected chi connectivity index (χ0v) is 17.3. The largest absolute Gasteiger partial charge is 0.393 e. The molecule has 2 aliphatic heterocycles. The average Bonchev–Trinajstić information content (AvgIpc) is 2.72. The number of likely N-dealkylation sites (tertiary alicyclic amines) is 1. The number of piperazine rings is 1. The SMILES string of the molecule is CCCCN1CCN(C(=O)c2ccc(CN3CCCC(C(F)(F)F)C3)cc2)CC1. The first-order valence-corrected chi connectivity index (χ1v) is 10.8. The molecule has 1 atom stereocenters. The number of carbonyl (C=O) groups excluding carboxylic acids is 1. The lowest BCUT2D eigenvalue weighted by atomic mass is 9.97. The van der Waals surface area contributed by atoms with Crippen LogP contribution in [0.2, 0.25) is 0 Å². The summed E-state index contributed by atoms with van der Waals surface area (Å²) in [5.41, 5.74) is 1.61. The number of hydrogen-bond donors (Lipinski definition) is 0. The van der Waals surface area contributed by atoms with E-state index in [0.717, 1.165) is 38.3 Å². The van der Waals surface area contributed by atoms with Crippen molar-refractivity contribution in [2.24, 2.45) is 5.92 Å². The van der Waals surface area contributed by atoms with Crippen molar-refractivity contribution >= 4 is 5.91 Å². The number of hydrogen-bond acceptors (Lipinski definition) is 3. The number of rotatable bonds is 6. The summed E-state index contributed by atoms with van der Waals surface area (Å²) in [6.45, 7) is 7.85. The smallest absolute Gasteiger partial charge is 0.336 e. The first-order chi connectivity index (χ1) is 13.9. The van der Waals surface area contributed by atoms with Crippen molar-refractivity contribution in [1.82, 2.24) is 14.7 Å². The number of carbonyl (C=O) groups is 1. The standard InChI is InChI=1S/C22H32F3N3O/c1-2-3-10-26-12-14-28(15-13-26)21(29)19-8-6-18(7-9-19)16-27-11-4-5-20(17-27)22(23,24)25/h6-9,20H,2-5,10-17H2,1H3. The summed E-state index contributed by atoms with van der Waals surface area (Å²) in [6.07, 6.45) is -0.949. The molecule has 0 N–H and O–H groups in total. The van der Waals surface area contributed by atoms with Crippen LogP contribution in [-0.4, -0.2) is 72.6 Å². The van der Waals surface area contributed by atoms with Crippen LogP contribution in [0.15, 0.2) is 24.3 Å². The second-order valence-corrected chi connectivity index (χ2v) is 8.30. The Bertz CT molecular complexity index is 654. The maximum Gasteiger partial charge on any atom is 0.393 e. The molecule has 0 saturated carbocycles. The van der Waals surface area contributed by atoms with E-state index in [0.29, 0.717) is 25.1 Å². The highest BCUT2D eigenvalue weighted by Gasteiger charge is 2.41. The van der Waals surface area contributed by atoms with Crippen LogP contribution >= 0.6 is 0 Å². The fraction of sp³-hybridized carbons (Fsp3) is 0.682. The van der Waals surface area contributed by atoms with E-state index in [-0.39, 0.29) is 18.9 Å². The number of amides is 1. The molecule has 0 spiro atoms. The molecule has 0 aromatic heterocycles. The Morgan fingerprint density at radius 1 is 1.03 bits per heavy atom. The third-order valence-electron chi connectivity index (χ3n) is 6.06. The van der Waals surface area contributed by atoms with Gasteiger partial charge in [0.1, 0.15) is 0 Å². The Labute approximate surface area is 171 Å². The van der Waals surface area contributed by atoms with Crippen molar-refractivity contribution in [1.29, 1.82) is 0 Å². The van der Waals surface area contributed by atoms with Gasteiger partial charge in [0.25, 0.3) is 5.91 Å². The van der Waals surface area contributed by atoms with Crippen LogP contribution < -0.4 is 0 Å². The van der Waals surface area contributed by atoms with Crippen LogP contribution in [0.3, 0.4) is 0 Å². The van der Waals surface area contributed by atoms with Gasteiger partial charge in [-0.15, -0.1) is 0 Å². The van der Waals surface area contributed by atoms with Gasteiger partial charge in [0, 0.05) is 44.8 Å². The second-order valence-electron chi connectivity index (χ2n) is 8.30. The molecule has 0 bridgehead atoms. The number of halogens is 3. The van der Waals surface area contributed by atoms with E-state index < -0.39 is 12.1 Å². The van der Waals surface area contributed by atoms with E-state index in [1.54, 1.807) is 0 Å². The molecule has 2 saturated heterocycles. The van der Waals surface area contributed by atoms with Crippen molar-refractivity contribution in [2.75, 3.05) is 45.8 Å². The van der Waals surface area contributed by atoms with Crippen molar-refractivity contribution < 1.29 is 18.0 Å². The van der Waals surface area contributed by atoms with Crippen molar-refractivity contribution in [3.8, 4) is 0 Å². The molecule has 7 heteroatoms. The minimum Gasteiger partial charge on any atom is -0.336 e. The molecule has 0 radical (unpaired) electrons. The molecule has 1 amide bonds.